The van der Waals surface area contributed by atoms with Gasteiger partial charge in [-0.2, -0.15) is 0 Å². The van der Waals surface area contributed by atoms with E-state index in [4.69, 9.17) is 11.6 Å². The molecule has 0 bridgehead atoms. The van der Waals surface area contributed by atoms with Crippen molar-refractivity contribution in [3.05, 3.63) is 87.1 Å². The molecule has 3 rings (SSSR count). The van der Waals surface area contributed by atoms with Crippen molar-refractivity contribution in [2.45, 2.75) is 6.04 Å². The first-order valence-corrected chi connectivity index (χ1v) is 9.06. The van der Waals surface area contributed by atoms with Crippen molar-refractivity contribution in [2.24, 2.45) is 0 Å². The Hall–Kier alpha value is -2.28. The molecule has 0 unspecified atom stereocenters. The van der Waals surface area contributed by atoms with Gasteiger partial charge in [0.05, 0.1) is 23.3 Å². The van der Waals surface area contributed by atoms with E-state index < -0.39 is 5.82 Å². The molecule has 7 heteroatoms. The molecule has 134 valence electrons. The van der Waals surface area contributed by atoms with Crippen LogP contribution in [-0.4, -0.2) is 12.5 Å². The van der Waals surface area contributed by atoms with Crippen LogP contribution in [0.4, 0.5) is 14.5 Å². The molecule has 0 aliphatic carbocycles. The number of anilines is 1. The average molecular weight is 393 g/mol. The predicted octanol–water partition coefficient (Wildman–Crippen LogP) is 5.00. The monoisotopic (exact) mass is 392 g/mol. The minimum atomic E-state index is -0.472. The fourth-order valence-electron chi connectivity index (χ4n) is 2.47. The summed E-state index contributed by atoms with van der Waals surface area (Å²) in [6, 6.07) is 13.5. The summed E-state index contributed by atoms with van der Waals surface area (Å²) in [5, 5.41) is 7.88. The van der Waals surface area contributed by atoms with Crippen molar-refractivity contribution in [1.29, 1.82) is 0 Å². The summed E-state index contributed by atoms with van der Waals surface area (Å²) >= 11 is 7.46. The lowest BCUT2D eigenvalue weighted by Crippen LogP contribution is -2.31. The SMILES string of the molecule is O=C(CN[C@@H](c1ccc(F)cc1)c1cccs1)Nc1ccc(F)cc1Cl. The number of rotatable bonds is 6. The number of amides is 1. The van der Waals surface area contributed by atoms with E-state index >= 15 is 0 Å². The number of halogens is 3. The van der Waals surface area contributed by atoms with Crippen LogP contribution >= 0.6 is 22.9 Å². The summed E-state index contributed by atoms with van der Waals surface area (Å²) in [6.07, 6.45) is 0. The molecule has 3 aromatic rings. The Labute approximate surface area is 158 Å². The summed E-state index contributed by atoms with van der Waals surface area (Å²) in [5.41, 5.74) is 1.19. The normalized spacial score (nSPS) is 12.0. The van der Waals surface area contributed by atoms with Crippen LogP contribution in [0.25, 0.3) is 0 Å². The van der Waals surface area contributed by atoms with Gasteiger partial charge in [-0.15, -0.1) is 11.3 Å². The average Bonchev–Trinajstić information content (AvgIpc) is 3.13. The van der Waals surface area contributed by atoms with Crippen molar-refractivity contribution >= 4 is 34.5 Å². The van der Waals surface area contributed by atoms with Gasteiger partial charge in [0.1, 0.15) is 11.6 Å². The molecule has 0 spiro atoms. The van der Waals surface area contributed by atoms with Gasteiger partial charge in [0.15, 0.2) is 0 Å². The summed E-state index contributed by atoms with van der Waals surface area (Å²) in [5.74, 6) is -1.11. The zero-order valence-electron chi connectivity index (χ0n) is 13.5. The highest BCUT2D eigenvalue weighted by Gasteiger charge is 2.16. The summed E-state index contributed by atoms with van der Waals surface area (Å²) in [6.45, 7) is 0.00759. The summed E-state index contributed by atoms with van der Waals surface area (Å²) in [7, 11) is 0. The van der Waals surface area contributed by atoms with Gasteiger partial charge in [-0.1, -0.05) is 29.8 Å². The molecule has 0 fully saturated rings. The van der Waals surface area contributed by atoms with Crippen LogP contribution < -0.4 is 10.6 Å². The molecule has 1 aromatic heterocycles. The second-order valence-electron chi connectivity index (χ2n) is 5.55. The third-order valence-electron chi connectivity index (χ3n) is 3.70. The fourth-order valence-corrected chi connectivity index (χ4v) is 3.51. The quantitative estimate of drug-likeness (QED) is 0.620. The predicted molar refractivity (Wildman–Crippen MR) is 101 cm³/mol. The Morgan fingerprint density at radius 1 is 1.08 bits per heavy atom. The van der Waals surface area contributed by atoms with Crippen LogP contribution in [0.2, 0.25) is 5.02 Å². The molecule has 0 aliphatic heterocycles. The lowest BCUT2D eigenvalue weighted by Gasteiger charge is -2.18. The Morgan fingerprint density at radius 2 is 1.81 bits per heavy atom. The van der Waals surface area contributed by atoms with Gasteiger partial charge in [-0.3, -0.25) is 10.1 Å². The number of hydrogen-bond donors (Lipinski definition) is 2. The van der Waals surface area contributed by atoms with E-state index in [9.17, 15) is 13.6 Å². The highest BCUT2D eigenvalue weighted by molar-refractivity contribution is 7.10. The van der Waals surface area contributed by atoms with E-state index in [0.717, 1.165) is 16.5 Å². The second-order valence-corrected chi connectivity index (χ2v) is 6.94. The van der Waals surface area contributed by atoms with E-state index in [1.807, 2.05) is 17.5 Å². The van der Waals surface area contributed by atoms with E-state index in [1.54, 1.807) is 12.1 Å². The minimum Gasteiger partial charge on any atom is -0.324 e. The molecule has 2 aromatic carbocycles. The minimum absolute atomic E-state index is 0.00759. The Bertz CT molecular complexity index is 885. The maximum Gasteiger partial charge on any atom is 0.238 e. The Balaban J connectivity index is 1.69. The largest absolute Gasteiger partial charge is 0.324 e. The molecular formula is C19H15ClF2N2OS. The van der Waals surface area contributed by atoms with Crippen molar-refractivity contribution < 1.29 is 13.6 Å². The molecule has 0 saturated heterocycles. The standard InChI is InChI=1S/C19H15ClF2N2OS/c20-15-10-14(22)7-8-16(15)24-18(25)11-23-19(17-2-1-9-26-17)12-3-5-13(21)6-4-12/h1-10,19,23H,11H2,(H,24,25)/t19-/m0/s1. The number of hydrogen-bond acceptors (Lipinski definition) is 3. The molecular weight excluding hydrogens is 378 g/mol. The van der Waals surface area contributed by atoms with Crippen LogP contribution in [0.1, 0.15) is 16.5 Å². The number of nitrogens with one attached hydrogen (secondary N) is 2. The third-order valence-corrected chi connectivity index (χ3v) is 4.95. The number of carbonyl (C=O) groups excluding carboxylic acids is 1. The van der Waals surface area contributed by atoms with Crippen LogP contribution in [0.5, 0.6) is 0 Å². The Kier molecular flexibility index (Phi) is 5.98. The van der Waals surface area contributed by atoms with Crippen LogP contribution in [0.3, 0.4) is 0 Å². The smallest absolute Gasteiger partial charge is 0.238 e. The van der Waals surface area contributed by atoms with E-state index in [-0.39, 0.29) is 29.3 Å². The first-order valence-electron chi connectivity index (χ1n) is 7.80. The topological polar surface area (TPSA) is 41.1 Å². The molecule has 3 nitrogen and oxygen atoms in total. The molecule has 26 heavy (non-hydrogen) atoms. The summed E-state index contributed by atoms with van der Waals surface area (Å²) in [4.78, 5) is 13.2. The molecule has 0 saturated carbocycles. The highest BCUT2D eigenvalue weighted by Crippen LogP contribution is 2.26. The first kappa shape index (κ1) is 18.5. The van der Waals surface area contributed by atoms with E-state index in [1.165, 1.54) is 35.6 Å². The first-order chi connectivity index (χ1) is 12.5. The van der Waals surface area contributed by atoms with Crippen LogP contribution in [0.15, 0.2) is 60.0 Å². The molecule has 2 N–H and O–H groups in total. The third kappa shape index (κ3) is 4.66. The zero-order chi connectivity index (χ0) is 18.5. The van der Waals surface area contributed by atoms with Gasteiger partial charge < -0.3 is 5.32 Å². The Morgan fingerprint density at radius 3 is 2.46 bits per heavy atom. The summed E-state index contributed by atoms with van der Waals surface area (Å²) < 4.78 is 26.3. The van der Waals surface area contributed by atoms with Crippen molar-refractivity contribution in [3.8, 4) is 0 Å². The van der Waals surface area contributed by atoms with Crippen LogP contribution in [0, 0.1) is 11.6 Å². The van der Waals surface area contributed by atoms with Gasteiger partial charge in [0, 0.05) is 4.88 Å². The van der Waals surface area contributed by atoms with Gasteiger partial charge in [-0.25, -0.2) is 8.78 Å². The van der Waals surface area contributed by atoms with Gasteiger partial charge in [0.25, 0.3) is 0 Å². The fraction of sp³-hybridized carbons (Fsp3) is 0.105. The van der Waals surface area contributed by atoms with E-state index in [2.05, 4.69) is 10.6 Å². The van der Waals surface area contributed by atoms with Crippen molar-refractivity contribution in [3.63, 3.8) is 0 Å². The van der Waals surface area contributed by atoms with E-state index in [0.29, 0.717) is 5.69 Å². The lowest BCUT2D eigenvalue weighted by molar-refractivity contribution is -0.115. The van der Waals surface area contributed by atoms with Crippen molar-refractivity contribution in [1.82, 2.24) is 5.32 Å². The second kappa shape index (κ2) is 8.40. The van der Waals surface area contributed by atoms with Crippen molar-refractivity contribution in [2.75, 3.05) is 11.9 Å². The van der Waals surface area contributed by atoms with Gasteiger partial charge in [-0.05, 0) is 47.3 Å². The number of carbonyl (C=O) groups is 1. The maximum absolute atomic E-state index is 13.2. The molecule has 0 aliphatic rings. The van der Waals surface area contributed by atoms with Gasteiger partial charge in [0.2, 0.25) is 5.91 Å². The molecule has 1 atom stereocenters. The molecule has 0 radical (unpaired) electrons. The number of benzene rings is 2. The van der Waals surface area contributed by atoms with Gasteiger partial charge >= 0.3 is 0 Å². The molecule has 1 amide bonds. The lowest BCUT2D eigenvalue weighted by atomic mass is 10.1. The maximum atomic E-state index is 13.2. The van der Waals surface area contributed by atoms with Crippen LogP contribution in [-0.2, 0) is 4.79 Å². The highest BCUT2D eigenvalue weighted by atomic mass is 35.5. The number of thiophene rings is 1. The molecule has 1 heterocycles. The zero-order valence-corrected chi connectivity index (χ0v) is 15.1.